The van der Waals surface area contributed by atoms with E-state index in [2.05, 4.69) is 27.8 Å². The monoisotopic (exact) mass is 312 g/mol. The maximum Gasteiger partial charge on any atom is 0.251 e. The molecule has 4 heteroatoms. The van der Waals surface area contributed by atoms with Gasteiger partial charge in [0, 0.05) is 5.69 Å². The first-order valence-corrected chi connectivity index (χ1v) is 7.23. The van der Waals surface area contributed by atoms with E-state index < -0.39 is 5.91 Å². The highest BCUT2D eigenvalue weighted by Crippen LogP contribution is 2.25. The highest BCUT2D eigenvalue weighted by molar-refractivity contribution is 9.10. The summed E-state index contributed by atoms with van der Waals surface area (Å²) < 4.78 is 0.558. The maximum absolute atomic E-state index is 11.4. The second-order valence-electron chi connectivity index (χ2n) is 4.64. The third-order valence-electron chi connectivity index (χ3n) is 3.26. The third-order valence-corrected chi connectivity index (χ3v) is 3.84. The van der Waals surface area contributed by atoms with Crippen molar-refractivity contribution in [3.63, 3.8) is 0 Å². The van der Waals surface area contributed by atoms with E-state index in [1.54, 1.807) is 0 Å². The molecular formula is C14H21BrN2O. The number of pyridine rings is 1. The smallest absolute Gasteiger partial charge is 0.251 e. The average molecular weight is 313 g/mol. The minimum absolute atomic E-state index is 0.415. The Morgan fingerprint density at radius 2 is 1.94 bits per heavy atom. The van der Waals surface area contributed by atoms with Gasteiger partial charge in [-0.2, -0.15) is 0 Å². The Hall–Kier alpha value is -0.900. The van der Waals surface area contributed by atoms with E-state index in [1.165, 1.54) is 24.8 Å². The predicted octanol–water partition coefficient (Wildman–Crippen LogP) is 3.68. The number of unbranched alkanes of at least 4 members (excludes halogenated alkanes) is 3. The fourth-order valence-corrected chi connectivity index (χ4v) is 2.99. The van der Waals surface area contributed by atoms with Crippen LogP contribution in [0.2, 0.25) is 0 Å². The van der Waals surface area contributed by atoms with Crippen molar-refractivity contribution in [1.82, 2.24) is 4.98 Å². The lowest BCUT2D eigenvalue weighted by Crippen LogP contribution is -2.16. The van der Waals surface area contributed by atoms with Gasteiger partial charge in [0.25, 0.3) is 5.91 Å². The molecule has 0 atom stereocenters. The summed E-state index contributed by atoms with van der Waals surface area (Å²) in [5.41, 5.74) is 9.05. The molecule has 1 heterocycles. The molecule has 18 heavy (non-hydrogen) atoms. The van der Waals surface area contributed by atoms with Crippen LogP contribution < -0.4 is 5.73 Å². The lowest BCUT2D eigenvalue weighted by atomic mass is 9.97. The Bertz CT molecular complexity index is 444. The van der Waals surface area contributed by atoms with Crippen molar-refractivity contribution in [2.75, 3.05) is 0 Å². The molecule has 0 aliphatic rings. The lowest BCUT2D eigenvalue weighted by molar-refractivity contribution is 0.0998. The standard InChI is InChI=1S/C14H21BrN2O/c1-4-5-6-7-8-11-9(2)12(14(16)18)13(15)17-10(11)3/h4-8H2,1-3H3,(H2,16,18). The lowest BCUT2D eigenvalue weighted by Gasteiger charge is -2.13. The summed E-state index contributed by atoms with van der Waals surface area (Å²) >= 11 is 3.31. The van der Waals surface area contributed by atoms with Gasteiger partial charge in [-0.25, -0.2) is 4.98 Å². The van der Waals surface area contributed by atoms with Gasteiger partial charge in [-0.15, -0.1) is 0 Å². The molecule has 0 unspecified atom stereocenters. The number of halogens is 1. The number of primary amides is 1. The highest BCUT2D eigenvalue weighted by atomic mass is 79.9. The van der Waals surface area contributed by atoms with Crippen LogP contribution in [-0.4, -0.2) is 10.9 Å². The Morgan fingerprint density at radius 3 is 2.50 bits per heavy atom. The van der Waals surface area contributed by atoms with E-state index in [1.807, 2.05) is 13.8 Å². The second kappa shape index (κ2) is 6.88. The molecule has 3 nitrogen and oxygen atoms in total. The van der Waals surface area contributed by atoms with Gasteiger partial charge < -0.3 is 5.73 Å². The summed E-state index contributed by atoms with van der Waals surface area (Å²) in [5, 5.41) is 0. The molecule has 1 aromatic heterocycles. The van der Waals surface area contributed by atoms with Crippen molar-refractivity contribution in [2.45, 2.75) is 52.9 Å². The minimum Gasteiger partial charge on any atom is -0.366 e. The number of amides is 1. The topological polar surface area (TPSA) is 56.0 Å². The van der Waals surface area contributed by atoms with Crippen LogP contribution >= 0.6 is 15.9 Å². The van der Waals surface area contributed by atoms with Gasteiger partial charge >= 0.3 is 0 Å². The van der Waals surface area contributed by atoms with Gasteiger partial charge in [-0.1, -0.05) is 26.2 Å². The number of nitrogens with two attached hydrogens (primary N) is 1. The first kappa shape index (κ1) is 15.2. The number of hydrogen-bond donors (Lipinski definition) is 1. The van der Waals surface area contributed by atoms with E-state index in [9.17, 15) is 4.79 Å². The molecule has 0 saturated carbocycles. The van der Waals surface area contributed by atoms with Gasteiger partial charge in [-0.3, -0.25) is 4.79 Å². The van der Waals surface area contributed by atoms with Crippen LogP contribution in [0.4, 0.5) is 0 Å². The molecule has 0 fully saturated rings. The van der Waals surface area contributed by atoms with Crippen molar-refractivity contribution < 1.29 is 4.79 Å². The van der Waals surface area contributed by atoms with Crippen molar-refractivity contribution in [3.05, 3.63) is 27.0 Å². The van der Waals surface area contributed by atoms with E-state index >= 15 is 0 Å². The first-order valence-electron chi connectivity index (χ1n) is 6.44. The van der Waals surface area contributed by atoms with Gasteiger partial charge in [-0.05, 0) is 53.7 Å². The molecule has 1 aromatic rings. The molecule has 0 aliphatic carbocycles. The summed E-state index contributed by atoms with van der Waals surface area (Å²) in [4.78, 5) is 15.8. The Balaban J connectivity index is 2.97. The van der Waals surface area contributed by atoms with Crippen molar-refractivity contribution in [2.24, 2.45) is 5.73 Å². The van der Waals surface area contributed by atoms with Crippen LogP contribution in [0.15, 0.2) is 4.60 Å². The number of aromatic nitrogens is 1. The SMILES string of the molecule is CCCCCCc1c(C)nc(Br)c(C(N)=O)c1C. The number of aryl methyl sites for hydroxylation is 1. The van der Waals surface area contributed by atoms with E-state index in [0.29, 0.717) is 10.2 Å². The van der Waals surface area contributed by atoms with Gasteiger partial charge in [0.2, 0.25) is 0 Å². The Morgan fingerprint density at radius 1 is 1.28 bits per heavy atom. The third kappa shape index (κ3) is 3.55. The quantitative estimate of drug-likeness (QED) is 0.643. The number of hydrogen-bond acceptors (Lipinski definition) is 2. The highest BCUT2D eigenvalue weighted by Gasteiger charge is 2.16. The Labute approximate surface area is 117 Å². The van der Waals surface area contributed by atoms with Crippen LogP contribution in [0.25, 0.3) is 0 Å². The second-order valence-corrected chi connectivity index (χ2v) is 5.39. The molecule has 0 spiro atoms. The normalized spacial score (nSPS) is 10.7. The zero-order valence-corrected chi connectivity index (χ0v) is 12.9. The minimum atomic E-state index is -0.415. The van der Waals surface area contributed by atoms with Gasteiger partial charge in [0.1, 0.15) is 4.60 Å². The summed E-state index contributed by atoms with van der Waals surface area (Å²) in [6, 6.07) is 0. The van der Waals surface area contributed by atoms with E-state index in [-0.39, 0.29) is 0 Å². The largest absolute Gasteiger partial charge is 0.366 e. The molecule has 0 saturated heterocycles. The van der Waals surface area contributed by atoms with Crippen LogP contribution in [0, 0.1) is 13.8 Å². The molecule has 100 valence electrons. The molecule has 1 rings (SSSR count). The average Bonchev–Trinajstić information content (AvgIpc) is 2.26. The zero-order valence-electron chi connectivity index (χ0n) is 11.3. The summed E-state index contributed by atoms with van der Waals surface area (Å²) in [5.74, 6) is -0.415. The van der Waals surface area contributed by atoms with E-state index in [0.717, 1.165) is 24.1 Å². The fraction of sp³-hybridized carbons (Fsp3) is 0.571. The molecule has 0 aromatic carbocycles. The predicted molar refractivity (Wildman–Crippen MR) is 77.8 cm³/mol. The van der Waals surface area contributed by atoms with Crippen LogP contribution in [0.3, 0.4) is 0 Å². The number of nitrogens with zero attached hydrogens (tertiary/aromatic N) is 1. The van der Waals surface area contributed by atoms with Crippen LogP contribution in [-0.2, 0) is 6.42 Å². The van der Waals surface area contributed by atoms with Gasteiger partial charge in [0.15, 0.2) is 0 Å². The molecule has 2 N–H and O–H groups in total. The van der Waals surface area contributed by atoms with Crippen LogP contribution in [0.5, 0.6) is 0 Å². The molecular weight excluding hydrogens is 292 g/mol. The van der Waals surface area contributed by atoms with Crippen molar-refractivity contribution in [1.29, 1.82) is 0 Å². The zero-order chi connectivity index (χ0) is 13.7. The Kier molecular flexibility index (Phi) is 5.79. The first-order chi connectivity index (χ1) is 8.49. The molecule has 0 radical (unpaired) electrons. The number of carbonyl (C=O) groups is 1. The van der Waals surface area contributed by atoms with Crippen molar-refractivity contribution in [3.8, 4) is 0 Å². The molecule has 1 amide bonds. The maximum atomic E-state index is 11.4. The summed E-state index contributed by atoms with van der Waals surface area (Å²) in [6.45, 7) is 6.13. The van der Waals surface area contributed by atoms with Gasteiger partial charge in [0.05, 0.1) is 5.56 Å². The summed E-state index contributed by atoms with van der Waals surface area (Å²) in [6.07, 6.45) is 5.81. The van der Waals surface area contributed by atoms with Crippen LogP contribution in [0.1, 0.15) is 59.8 Å². The molecule has 0 bridgehead atoms. The number of carbonyl (C=O) groups excluding carboxylic acids is 1. The number of rotatable bonds is 6. The fourth-order valence-electron chi connectivity index (χ4n) is 2.23. The molecule has 0 aliphatic heterocycles. The van der Waals surface area contributed by atoms with Crippen molar-refractivity contribution >= 4 is 21.8 Å². The van der Waals surface area contributed by atoms with E-state index in [4.69, 9.17) is 5.73 Å². The summed E-state index contributed by atoms with van der Waals surface area (Å²) in [7, 11) is 0.